The van der Waals surface area contributed by atoms with Gasteiger partial charge in [-0.25, -0.2) is 0 Å². The molecule has 2 rings (SSSR count). The van der Waals surface area contributed by atoms with Crippen LogP contribution in [0.3, 0.4) is 0 Å². The van der Waals surface area contributed by atoms with E-state index in [9.17, 15) is 5.11 Å². The molecule has 0 bridgehead atoms. The van der Waals surface area contributed by atoms with Gasteiger partial charge in [-0.3, -0.25) is 0 Å². The summed E-state index contributed by atoms with van der Waals surface area (Å²) in [5.41, 5.74) is 2.12. The fraction of sp³-hybridized carbons (Fsp3) is 0.846. The van der Waals surface area contributed by atoms with Gasteiger partial charge in [-0.1, -0.05) is 25.5 Å². The number of hydrogen-bond donors (Lipinski definition) is 1. The van der Waals surface area contributed by atoms with Crippen LogP contribution in [0.4, 0.5) is 0 Å². The Morgan fingerprint density at radius 2 is 2.43 bits per heavy atom. The van der Waals surface area contributed by atoms with Crippen molar-refractivity contribution in [1.82, 2.24) is 0 Å². The maximum Gasteiger partial charge on any atom is 0.0459 e. The minimum atomic E-state index is 0.355. The van der Waals surface area contributed by atoms with Crippen LogP contribution in [0.5, 0.6) is 0 Å². The molecule has 0 unspecified atom stereocenters. The van der Waals surface area contributed by atoms with Crippen molar-refractivity contribution in [1.29, 1.82) is 0 Å². The molecule has 1 N–H and O–H groups in total. The number of aliphatic hydroxyl groups excluding tert-OH is 1. The Morgan fingerprint density at radius 3 is 3.14 bits per heavy atom. The van der Waals surface area contributed by atoms with Crippen molar-refractivity contribution in [3.63, 3.8) is 0 Å². The van der Waals surface area contributed by atoms with Crippen LogP contribution in [0.25, 0.3) is 0 Å². The lowest BCUT2D eigenvalue weighted by Crippen LogP contribution is -2.31. The summed E-state index contributed by atoms with van der Waals surface area (Å²) in [7, 11) is 0. The van der Waals surface area contributed by atoms with E-state index in [0.717, 1.165) is 5.92 Å². The second-order valence-electron chi connectivity index (χ2n) is 5.34. The van der Waals surface area contributed by atoms with Gasteiger partial charge in [-0.2, -0.15) is 0 Å². The Bertz CT molecular complexity index is 244. The number of rotatable bonds is 2. The number of hydrogen-bond acceptors (Lipinski definition) is 1. The minimum absolute atomic E-state index is 0.355. The maximum absolute atomic E-state index is 9.28. The Hall–Kier alpha value is -0.300. The number of allylic oxidation sites excluding steroid dienone is 2. The zero-order chi connectivity index (χ0) is 10.2. The van der Waals surface area contributed by atoms with Crippen LogP contribution in [-0.2, 0) is 0 Å². The quantitative estimate of drug-likeness (QED) is 0.670. The van der Waals surface area contributed by atoms with Crippen molar-refractivity contribution in [2.24, 2.45) is 17.3 Å². The molecule has 80 valence electrons. The summed E-state index contributed by atoms with van der Waals surface area (Å²) in [6.07, 6.45) is 9.01. The Kier molecular flexibility index (Phi) is 2.70. The standard InChI is InChI=1S/C13H22O/c1-10(9-14)12-7-6-11-5-3-4-8-13(11,12)2/h5,10,12,14H,3-4,6-9H2,1-2H3/t10-,12+,13-/m0/s1. The highest BCUT2D eigenvalue weighted by Crippen LogP contribution is 2.55. The Labute approximate surface area is 87.2 Å². The zero-order valence-corrected chi connectivity index (χ0v) is 9.42. The van der Waals surface area contributed by atoms with Crippen LogP contribution in [-0.4, -0.2) is 11.7 Å². The van der Waals surface area contributed by atoms with E-state index in [-0.39, 0.29) is 0 Å². The highest BCUT2D eigenvalue weighted by Gasteiger charge is 2.44. The van der Waals surface area contributed by atoms with E-state index in [0.29, 0.717) is 17.9 Å². The van der Waals surface area contributed by atoms with E-state index < -0.39 is 0 Å². The lowest BCUT2D eigenvalue weighted by molar-refractivity contribution is 0.117. The molecule has 2 aliphatic rings. The van der Waals surface area contributed by atoms with Gasteiger partial charge in [0.2, 0.25) is 0 Å². The van der Waals surface area contributed by atoms with Gasteiger partial charge in [-0.05, 0) is 49.4 Å². The summed E-state index contributed by atoms with van der Waals surface area (Å²) in [6.45, 7) is 4.98. The molecule has 0 spiro atoms. The zero-order valence-electron chi connectivity index (χ0n) is 9.42. The van der Waals surface area contributed by atoms with E-state index in [4.69, 9.17) is 0 Å². The third-order valence-corrected chi connectivity index (χ3v) is 4.54. The number of aliphatic hydroxyl groups is 1. The van der Waals surface area contributed by atoms with Crippen LogP contribution in [0.1, 0.15) is 46.0 Å². The lowest BCUT2D eigenvalue weighted by Gasteiger charge is -2.38. The van der Waals surface area contributed by atoms with Gasteiger partial charge in [0.25, 0.3) is 0 Å². The van der Waals surface area contributed by atoms with E-state index in [1.54, 1.807) is 5.57 Å². The van der Waals surface area contributed by atoms with Crippen molar-refractivity contribution in [2.75, 3.05) is 6.61 Å². The predicted octanol–water partition coefficient (Wildman–Crippen LogP) is 3.14. The summed E-state index contributed by atoms with van der Waals surface area (Å²) in [6, 6.07) is 0. The van der Waals surface area contributed by atoms with Crippen molar-refractivity contribution < 1.29 is 5.11 Å². The topological polar surface area (TPSA) is 20.2 Å². The molecule has 3 atom stereocenters. The first-order chi connectivity index (χ1) is 6.68. The smallest absolute Gasteiger partial charge is 0.0459 e. The highest BCUT2D eigenvalue weighted by molar-refractivity contribution is 5.23. The largest absolute Gasteiger partial charge is 0.396 e. The molecular formula is C13H22O. The lowest BCUT2D eigenvalue weighted by atomic mass is 9.67. The highest BCUT2D eigenvalue weighted by atomic mass is 16.3. The molecule has 0 radical (unpaired) electrons. The summed E-state index contributed by atoms with van der Waals surface area (Å²) < 4.78 is 0. The van der Waals surface area contributed by atoms with Gasteiger partial charge in [0.15, 0.2) is 0 Å². The van der Waals surface area contributed by atoms with E-state index in [1.165, 1.54) is 32.1 Å². The summed E-state index contributed by atoms with van der Waals surface area (Å²) in [5, 5.41) is 9.28. The molecule has 0 aromatic rings. The van der Waals surface area contributed by atoms with Crippen LogP contribution in [0.2, 0.25) is 0 Å². The monoisotopic (exact) mass is 194 g/mol. The molecule has 1 nitrogen and oxygen atoms in total. The molecule has 2 aliphatic carbocycles. The SMILES string of the molecule is C[C@@H](CO)[C@H]1CCC2=CCCC[C@@]21C. The summed E-state index contributed by atoms with van der Waals surface area (Å²) in [4.78, 5) is 0. The van der Waals surface area contributed by atoms with Gasteiger partial charge in [0.05, 0.1) is 0 Å². The van der Waals surface area contributed by atoms with Gasteiger partial charge in [0, 0.05) is 6.61 Å². The molecule has 1 fully saturated rings. The van der Waals surface area contributed by atoms with Crippen molar-refractivity contribution in [3.05, 3.63) is 11.6 Å². The normalized spacial score (nSPS) is 39.1. The molecule has 1 saturated carbocycles. The molecule has 0 aromatic heterocycles. The van der Waals surface area contributed by atoms with E-state index in [1.807, 2.05) is 0 Å². The summed E-state index contributed by atoms with van der Waals surface area (Å²) >= 11 is 0. The van der Waals surface area contributed by atoms with Crippen LogP contribution >= 0.6 is 0 Å². The third-order valence-electron chi connectivity index (χ3n) is 4.54. The van der Waals surface area contributed by atoms with Crippen LogP contribution in [0.15, 0.2) is 11.6 Å². The van der Waals surface area contributed by atoms with Crippen molar-refractivity contribution >= 4 is 0 Å². The predicted molar refractivity (Wildman–Crippen MR) is 59.0 cm³/mol. The second-order valence-corrected chi connectivity index (χ2v) is 5.34. The maximum atomic E-state index is 9.28. The first-order valence-electron chi connectivity index (χ1n) is 5.99. The molecule has 0 aromatic carbocycles. The van der Waals surface area contributed by atoms with Crippen molar-refractivity contribution in [2.45, 2.75) is 46.0 Å². The van der Waals surface area contributed by atoms with Crippen molar-refractivity contribution in [3.8, 4) is 0 Å². The fourth-order valence-electron chi connectivity index (χ4n) is 3.62. The molecule has 0 heterocycles. The van der Waals surface area contributed by atoms with Crippen LogP contribution in [0, 0.1) is 17.3 Å². The molecule has 1 heteroatoms. The van der Waals surface area contributed by atoms with Crippen LogP contribution < -0.4 is 0 Å². The van der Waals surface area contributed by atoms with Gasteiger partial charge < -0.3 is 5.11 Å². The first-order valence-corrected chi connectivity index (χ1v) is 5.99. The van der Waals surface area contributed by atoms with Gasteiger partial charge in [0.1, 0.15) is 0 Å². The Balaban J connectivity index is 2.22. The average molecular weight is 194 g/mol. The molecular weight excluding hydrogens is 172 g/mol. The molecule has 14 heavy (non-hydrogen) atoms. The molecule has 0 amide bonds. The van der Waals surface area contributed by atoms with E-state index >= 15 is 0 Å². The van der Waals surface area contributed by atoms with Gasteiger partial charge >= 0.3 is 0 Å². The minimum Gasteiger partial charge on any atom is -0.396 e. The average Bonchev–Trinajstić information content (AvgIpc) is 2.54. The molecule has 0 aliphatic heterocycles. The van der Waals surface area contributed by atoms with Gasteiger partial charge in [-0.15, -0.1) is 0 Å². The summed E-state index contributed by atoms with van der Waals surface area (Å²) in [5.74, 6) is 1.20. The second kappa shape index (κ2) is 3.69. The first kappa shape index (κ1) is 10.2. The Morgan fingerprint density at radius 1 is 1.64 bits per heavy atom. The fourth-order valence-corrected chi connectivity index (χ4v) is 3.62. The molecule has 0 saturated heterocycles. The third kappa shape index (κ3) is 1.42. The number of fused-ring (bicyclic) bond motifs is 1. The van der Waals surface area contributed by atoms with E-state index in [2.05, 4.69) is 19.9 Å².